The molecule has 2 saturated heterocycles. The highest BCUT2D eigenvalue weighted by Gasteiger charge is 2.51. The molecule has 2 aromatic carbocycles. The molecule has 5 rings (SSSR count). The van der Waals surface area contributed by atoms with Crippen molar-refractivity contribution >= 4 is 24.7 Å². The number of rotatable bonds is 27. The number of methoxy groups -OCH3 is 1. The maximum atomic E-state index is 12.9. The molecule has 0 unspecified atom stereocenters. The van der Waals surface area contributed by atoms with Crippen LogP contribution in [0.1, 0.15) is 163 Å². The summed E-state index contributed by atoms with van der Waals surface area (Å²) in [5, 5.41) is 13.4. The fraction of sp³-hybridized carbons (Fsp3) is 0.655. The lowest BCUT2D eigenvalue weighted by Gasteiger charge is -2.45. The molecule has 0 saturated carbocycles. The average molecular weight is 899 g/mol. The molecule has 9 heteroatoms. The summed E-state index contributed by atoms with van der Waals surface area (Å²) >= 11 is 0. The Bertz CT molecular complexity index is 1710. The maximum Gasteiger partial charge on any atom is 0.334 e. The predicted molar refractivity (Wildman–Crippen MR) is 261 cm³/mol. The van der Waals surface area contributed by atoms with Crippen molar-refractivity contribution in [3.05, 3.63) is 84.5 Å². The third-order valence-electron chi connectivity index (χ3n) is 13.4. The van der Waals surface area contributed by atoms with E-state index >= 15 is 0 Å². The summed E-state index contributed by atoms with van der Waals surface area (Å²) in [6, 6.07) is 21.3. The molecule has 0 spiro atoms. The van der Waals surface area contributed by atoms with Gasteiger partial charge in [-0.2, -0.15) is 0 Å². The van der Waals surface area contributed by atoms with Crippen molar-refractivity contribution in [3.63, 3.8) is 0 Å². The third kappa shape index (κ3) is 15.8. The zero-order valence-electron chi connectivity index (χ0n) is 40.3. The molecule has 8 nitrogen and oxygen atoms in total. The van der Waals surface area contributed by atoms with Gasteiger partial charge in [0.25, 0.3) is 8.32 Å². The van der Waals surface area contributed by atoms with E-state index < -0.39 is 14.4 Å². The first kappa shape index (κ1) is 51.9. The van der Waals surface area contributed by atoms with E-state index in [0.29, 0.717) is 24.8 Å². The van der Waals surface area contributed by atoms with Gasteiger partial charge in [0.05, 0.1) is 42.7 Å². The van der Waals surface area contributed by atoms with Crippen LogP contribution in [0.5, 0.6) is 0 Å². The zero-order valence-corrected chi connectivity index (χ0v) is 41.3. The average Bonchev–Trinajstić information content (AvgIpc) is 3.92. The van der Waals surface area contributed by atoms with Crippen molar-refractivity contribution < 1.29 is 38.0 Å². The van der Waals surface area contributed by atoms with Gasteiger partial charge in [-0.15, -0.1) is 0 Å². The molecule has 3 aliphatic rings. The second-order valence-electron chi connectivity index (χ2n) is 19.5. The summed E-state index contributed by atoms with van der Waals surface area (Å²) in [5.41, 5.74) is 0.680. The molecule has 0 amide bonds. The number of benzene rings is 2. The molecule has 2 fully saturated rings. The number of aliphatic hydroxyl groups is 1. The largest absolute Gasteiger partial charge is 0.455 e. The minimum Gasteiger partial charge on any atom is -0.455 e. The van der Waals surface area contributed by atoms with Gasteiger partial charge in [-0.3, -0.25) is 0 Å². The molecule has 0 bridgehead atoms. The molecule has 354 valence electrons. The Hall–Kier alpha value is -3.07. The van der Waals surface area contributed by atoms with Gasteiger partial charge in [-0.05, 0) is 85.9 Å². The first-order valence-corrected chi connectivity index (χ1v) is 26.9. The van der Waals surface area contributed by atoms with E-state index in [2.05, 4.69) is 106 Å². The Balaban J connectivity index is 1.12. The number of ether oxygens (including phenoxy) is 5. The second-order valence-corrected chi connectivity index (χ2v) is 23.8. The molecule has 1 N–H and O–H groups in total. The fourth-order valence-corrected chi connectivity index (χ4v) is 14.7. The SMILES string of the molecule is CCCCCCCCCCCC[C@@H](OCOC)[C@H]1CC[C@H]([C@H]2CCC[C@@H]([C@@H](O)CC#C/C=C/CC[C@H](CC3=C[C@H](C)OC3=O)O[Si](c3ccccc3)(c3ccccc3)C(C)(C)C)O2)O1. The van der Waals surface area contributed by atoms with Crippen LogP contribution in [0, 0.1) is 11.8 Å². The lowest BCUT2D eigenvalue weighted by atomic mass is 9.95. The van der Waals surface area contributed by atoms with Gasteiger partial charge in [0.15, 0.2) is 0 Å². The molecule has 3 aliphatic heterocycles. The van der Waals surface area contributed by atoms with Crippen molar-refractivity contribution in [3.8, 4) is 11.8 Å². The first-order valence-electron chi connectivity index (χ1n) is 25.0. The minimum atomic E-state index is -2.86. The maximum absolute atomic E-state index is 12.9. The molecule has 3 heterocycles. The number of carbonyl (C=O) groups is 1. The lowest BCUT2D eigenvalue weighted by molar-refractivity contribution is -0.171. The Morgan fingerprint density at radius 3 is 2.06 bits per heavy atom. The van der Waals surface area contributed by atoms with E-state index in [1.165, 1.54) is 68.2 Å². The van der Waals surface area contributed by atoms with E-state index in [1.807, 2.05) is 19.1 Å². The van der Waals surface area contributed by atoms with Crippen molar-refractivity contribution in [2.75, 3.05) is 13.9 Å². The fourth-order valence-electron chi connectivity index (χ4n) is 9.99. The molecular weight excluding hydrogens is 817 g/mol. The molecule has 8 atom stereocenters. The quantitative estimate of drug-likeness (QED) is 0.0312. The van der Waals surface area contributed by atoms with Gasteiger partial charge >= 0.3 is 5.97 Å². The van der Waals surface area contributed by atoms with Crippen molar-refractivity contribution in [2.45, 2.75) is 217 Å². The summed E-state index contributed by atoms with van der Waals surface area (Å²) in [6.45, 7) is 11.3. The van der Waals surface area contributed by atoms with Crippen LogP contribution < -0.4 is 10.4 Å². The van der Waals surface area contributed by atoms with Gasteiger partial charge in [0.1, 0.15) is 12.9 Å². The van der Waals surface area contributed by atoms with E-state index in [-0.39, 0.29) is 60.5 Å². The monoisotopic (exact) mass is 899 g/mol. The van der Waals surface area contributed by atoms with Gasteiger partial charge in [0, 0.05) is 25.5 Å². The summed E-state index contributed by atoms with van der Waals surface area (Å²) in [6.07, 6.45) is 25.6. The third-order valence-corrected chi connectivity index (χ3v) is 18.5. The van der Waals surface area contributed by atoms with Gasteiger partial charge in [-0.25, -0.2) is 4.79 Å². The van der Waals surface area contributed by atoms with E-state index in [1.54, 1.807) is 7.11 Å². The number of esters is 1. The van der Waals surface area contributed by atoms with Crippen LogP contribution in [-0.4, -0.2) is 82.1 Å². The predicted octanol–water partition coefficient (Wildman–Crippen LogP) is 11.1. The number of hydrogen-bond acceptors (Lipinski definition) is 8. The number of allylic oxidation sites excluding steroid dienone is 2. The second kappa shape index (κ2) is 27.5. The summed E-state index contributed by atoms with van der Waals surface area (Å²) in [7, 11) is -1.18. The van der Waals surface area contributed by atoms with Crippen molar-refractivity contribution in [2.24, 2.45) is 0 Å². The standard InChI is InChI=1S/C55H82O8Si/c1-7-8-9-10-11-12-13-14-18-27-35-50(59-42-58-6)52-38-39-53(62-52)51-37-28-36-49(61-51)48(56)34-26-17-15-16-21-29-45(41-44-40-43(2)60-54(44)57)63-64(55(3,4)5,46-30-22-19-23-31-46)47-32-24-20-25-33-47/h15-16,19-20,22-25,30-33,40,43,45,48-53,56H,7-14,18,21,27-29,34-39,41-42H2,1-6H3/b16-15+/t43-,45+,48-,49-,50+,51+,52+,53+/m0/s1. The molecule has 64 heavy (non-hydrogen) atoms. The topological polar surface area (TPSA) is 92.7 Å². The molecular formula is C55H82O8Si. The summed E-state index contributed by atoms with van der Waals surface area (Å²) in [5.74, 6) is 6.10. The highest BCUT2D eigenvalue weighted by Crippen LogP contribution is 2.39. The number of aliphatic hydroxyl groups excluding tert-OH is 1. The van der Waals surface area contributed by atoms with Crippen LogP contribution >= 0.6 is 0 Å². The van der Waals surface area contributed by atoms with Gasteiger partial charge in [0.2, 0.25) is 0 Å². The summed E-state index contributed by atoms with van der Waals surface area (Å²) in [4.78, 5) is 12.9. The Morgan fingerprint density at radius 1 is 0.828 bits per heavy atom. The lowest BCUT2D eigenvalue weighted by Crippen LogP contribution is -2.67. The molecule has 2 aromatic rings. The van der Waals surface area contributed by atoms with Crippen LogP contribution in [0.3, 0.4) is 0 Å². The van der Waals surface area contributed by atoms with Crippen LogP contribution in [-0.2, 0) is 32.9 Å². The normalized spacial score (nSPS) is 23.1. The number of cyclic esters (lactones) is 1. The van der Waals surface area contributed by atoms with Crippen molar-refractivity contribution in [1.82, 2.24) is 0 Å². The molecule has 0 aromatic heterocycles. The van der Waals surface area contributed by atoms with E-state index in [9.17, 15) is 9.90 Å². The van der Waals surface area contributed by atoms with Gasteiger partial charge < -0.3 is 33.2 Å². The van der Waals surface area contributed by atoms with Crippen LogP contribution in [0.25, 0.3) is 0 Å². The first-order chi connectivity index (χ1) is 31.1. The minimum absolute atomic E-state index is 0.0128. The van der Waals surface area contributed by atoms with E-state index in [4.69, 9.17) is 28.1 Å². The Kier molecular flexibility index (Phi) is 22.3. The smallest absolute Gasteiger partial charge is 0.334 e. The van der Waals surface area contributed by atoms with Crippen LogP contribution in [0.15, 0.2) is 84.5 Å². The zero-order chi connectivity index (χ0) is 45.6. The van der Waals surface area contributed by atoms with Crippen LogP contribution in [0.4, 0.5) is 0 Å². The Morgan fingerprint density at radius 2 is 1.45 bits per heavy atom. The number of carbonyl (C=O) groups excluding carboxylic acids is 1. The number of hydrogen-bond donors (Lipinski definition) is 1. The molecule has 0 aliphatic carbocycles. The summed E-state index contributed by atoms with van der Waals surface area (Å²) < 4.78 is 37.7. The van der Waals surface area contributed by atoms with Crippen LogP contribution in [0.2, 0.25) is 5.04 Å². The van der Waals surface area contributed by atoms with Crippen molar-refractivity contribution in [1.29, 1.82) is 0 Å². The number of unbranched alkanes of at least 4 members (excludes halogenated alkanes) is 9. The Labute approximate surface area is 388 Å². The molecule has 0 radical (unpaired) electrons. The highest BCUT2D eigenvalue weighted by atomic mass is 28.4. The van der Waals surface area contributed by atoms with E-state index in [0.717, 1.165) is 51.4 Å². The van der Waals surface area contributed by atoms with Gasteiger partial charge in [-0.1, -0.05) is 170 Å². The highest BCUT2D eigenvalue weighted by molar-refractivity contribution is 6.99.